The van der Waals surface area contributed by atoms with Crippen LogP contribution in [0.2, 0.25) is 0 Å². The number of ether oxygens (including phenoxy) is 2. The van der Waals surface area contributed by atoms with Crippen molar-refractivity contribution in [2.75, 3.05) is 13.7 Å². The Hall–Kier alpha value is -2.67. The van der Waals surface area contributed by atoms with E-state index >= 15 is 0 Å². The summed E-state index contributed by atoms with van der Waals surface area (Å²) in [5, 5.41) is 0. The summed E-state index contributed by atoms with van der Waals surface area (Å²) in [7, 11) is 1.70. The van der Waals surface area contributed by atoms with Gasteiger partial charge in [-0.15, -0.1) is 11.3 Å². The molecule has 0 unspecified atom stereocenters. The number of carbonyl (C=O) groups is 2. The van der Waals surface area contributed by atoms with Crippen molar-refractivity contribution in [3.05, 3.63) is 40.0 Å². The molecular weight excluding hydrogens is 424 g/mol. The van der Waals surface area contributed by atoms with Gasteiger partial charge in [0.1, 0.15) is 17.1 Å². The van der Waals surface area contributed by atoms with Crippen molar-refractivity contribution in [3.8, 4) is 17.0 Å². The van der Waals surface area contributed by atoms with Crippen LogP contribution in [0.1, 0.15) is 75.0 Å². The smallest absolute Gasteiger partial charge is 0.311 e. The summed E-state index contributed by atoms with van der Waals surface area (Å²) in [6.45, 7) is 15.0. The molecule has 32 heavy (non-hydrogen) atoms. The van der Waals surface area contributed by atoms with Crippen molar-refractivity contribution in [1.29, 1.82) is 0 Å². The summed E-state index contributed by atoms with van der Waals surface area (Å²) in [4.78, 5) is 30.2. The number of imidazole rings is 1. The topological polar surface area (TPSA) is 69.9 Å². The number of fused-ring (bicyclic) bond motifs is 1. The number of methoxy groups -OCH3 is 1. The number of nitrogens with zero attached hydrogens (tertiary/aromatic N) is 2. The first-order chi connectivity index (χ1) is 14.9. The van der Waals surface area contributed by atoms with E-state index in [1.807, 2.05) is 0 Å². The van der Waals surface area contributed by atoms with Gasteiger partial charge in [-0.25, -0.2) is 4.98 Å². The van der Waals surface area contributed by atoms with Crippen molar-refractivity contribution >= 4 is 28.6 Å². The van der Waals surface area contributed by atoms with Gasteiger partial charge in [0.05, 0.1) is 20.1 Å². The summed E-state index contributed by atoms with van der Waals surface area (Å²) in [5.74, 6) is 0.587. The van der Waals surface area contributed by atoms with Gasteiger partial charge in [-0.2, -0.15) is 0 Å². The Morgan fingerprint density at radius 2 is 1.72 bits per heavy atom. The van der Waals surface area contributed by atoms with Crippen LogP contribution in [0.3, 0.4) is 0 Å². The zero-order valence-corrected chi connectivity index (χ0v) is 21.0. The molecular formula is C25H32N2O4S. The van der Waals surface area contributed by atoms with Crippen molar-refractivity contribution in [2.24, 2.45) is 0 Å². The Bertz CT molecular complexity index is 1120. The highest BCUT2D eigenvalue weighted by molar-refractivity contribution is 7.17. The van der Waals surface area contributed by atoms with Gasteiger partial charge in [0.15, 0.2) is 11.2 Å². The van der Waals surface area contributed by atoms with Crippen molar-refractivity contribution < 1.29 is 19.1 Å². The van der Waals surface area contributed by atoms with Gasteiger partial charge in [-0.05, 0) is 29.9 Å². The van der Waals surface area contributed by atoms with E-state index in [-0.39, 0.29) is 23.2 Å². The van der Waals surface area contributed by atoms with Crippen LogP contribution in [0.5, 0.6) is 5.75 Å². The molecule has 0 saturated carbocycles. The van der Waals surface area contributed by atoms with E-state index in [1.54, 1.807) is 24.6 Å². The molecule has 0 aliphatic rings. The van der Waals surface area contributed by atoms with Crippen LogP contribution in [0, 0.1) is 0 Å². The molecule has 0 bridgehead atoms. The lowest BCUT2D eigenvalue weighted by molar-refractivity contribution is -0.142. The van der Waals surface area contributed by atoms with E-state index in [1.165, 1.54) is 11.3 Å². The molecule has 3 aromatic rings. The van der Waals surface area contributed by atoms with Gasteiger partial charge in [0, 0.05) is 27.8 Å². The Morgan fingerprint density at radius 3 is 2.19 bits per heavy atom. The monoisotopic (exact) mass is 456 g/mol. The lowest BCUT2D eigenvalue weighted by Crippen LogP contribution is -2.19. The Labute approximate surface area is 193 Å². The van der Waals surface area contributed by atoms with Crippen LogP contribution >= 0.6 is 11.3 Å². The first-order valence-electron chi connectivity index (χ1n) is 10.8. The van der Waals surface area contributed by atoms with E-state index < -0.39 is 0 Å². The average Bonchev–Trinajstić information content (AvgIpc) is 3.22. The molecule has 0 aliphatic carbocycles. The fourth-order valence-corrected chi connectivity index (χ4v) is 4.74. The van der Waals surface area contributed by atoms with Crippen LogP contribution in [0.25, 0.3) is 16.2 Å². The van der Waals surface area contributed by atoms with Crippen molar-refractivity contribution in [2.45, 2.75) is 65.7 Å². The number of hydrogen-bond acceptors (Lipinski definition) is 6. The van der Waals surface area contributed by atoms with E-state index in [4.69, 9.17) is 14.5 Å². The van der Waals surface area contributed by atoms with Crippen LogP contribution in [-0.2, 0) is 26.8 Å². The minimum absolute atomic E-state index is 0.160. The highest BCUT2D eigenvalue weighted by Gasteiger charge is 2.29. The first-order valence-corrected chi connectivity index (χ1v) is 11.6. The number of hydrogen-bond donors (Lipinski definition) is 0. The van der Waals surface area contributed by atoms with Gasteiger partial charge in [-0.1, -0.05) is 41.5 Å². The summed E-state index contributed by atoms with van der Waals surface area (Å²) in [6, 6.07) is 4.15. The second kappa shape index (κ2) is 8.70. The second-order valence-electron chi connectivity index (χ2n) is 9.90. The predicted octanol–water partition coefficient (Wildman–Crippen LogP) is 5.58. The third-order valence-corrected chi connectivity index (χ3v) is 6.31. The van der Waals surface area contributed by atoms with Gasteiger partial charge in [0.2, 0.25) is 0 Å². The first kappa shape index (κ1) is 24.0. The second-order valence-corrected chi connectivity index (χ2v) is 11.0. The molecule has 3 rings (SSSR count). The molecule has 0 atom stereocenters. The molecule has 0 spiro atoms. The Kier molecular flexibility index (Phi) is 6.52. The third-order valence-electron chi connectivity index (χ3n) is 5.33. The molecule has 172 valence electrons. The van der Waals surface area contributed by atoms with Crippen LogP contribution in [-0.4, -0.2) is 35.4 Å². The summed E-state index contributed by atoms with van der Waals surface area (Å²) in [6.07, 6.45) is 2.80. The molecule has 0 aliphatic heterocycles. The lowest BCUT2D eigenvalue weighted by Gasteiger charge is -2.29. The van der Waals surface area contributed by atoms with E-state index in [0.717, 1.165) is 33.6 Å². The van der Waals surface area contributed by atoms with Gasteiger partial charge >= 0.3 is 5.97 Å². The lowest BCUT2D eigenvalue weighted by atomic mass is 9.78. The SMILES string of the molecule is CCOC(=O)Cc1cn2c(C=O)c(-c3cc(C(C)(C)C)c(OC)c(C(C)(C)C)c3)nc2s1. The highest BCUT2D eigenvalue weighted by Crippen LogP contribution is 2.43. The Morgan fingerprint density at radius 1 is 1.12 bits per heavy atom. The van der Waals surface area contributed by atoms with Crippen molar-refractivity contribution in [1.82, 2.24) is 9.38 Å². The fourth-order valence-electron chi connectivity index (χ4n) is 3.77. The number of esters is 1. The minimum Gasteiger partial charge on any atom is -0.496 e. The molecule has 2 aromatic heterocycles. The van der Waals surface area contributed by atoms with Crippen LogP contribution in [0.15, 0.2) is 18.3 Å². The maximum atomic E-state index is 12.1. The molecule has 7 heteroatoms. The molecule has 0 saturated heterocycles. The Balaban J connectivity index is 2.20. The van der Waals surface area contributed by atoms with E-state index in [9.17, 15) is 9.59 Å². The number of carbonyl (C=O) groups excluding carboxylic acids is 2. The molecule has 2 heterocycles. The van der Waals surface area contributed by atoms with E-state index in [0.29, 0.717) is 23.0 Å². The van der Waals surface area contributed by atoms with Crippen LogP contribution in [0.4, 0.5) is 0 Å². The summed E-state index contributed by atoms with van der Waals surface area (Å²) >= 11 is 1.39. The number of benzene rings is 1. The number of aromatic nitrogens is 2. The maximum absolute atomic E-state index is 12.1. The molecule has 0 amide bonds. The van der Waals surface area contributed by atoms with Crippen LogP contribution < -0.4 is 4.74 Å². The molecule has 6 nitrogen and oxygen atoms in total. The largest absolute Gasteiger partial charge is 0.496 e. The van der Waals surface area contributed by atoms with Gasteiger partial charge < -0.3 is 9.47 Å². The maximum Gasteiger partial charge on any atom is 0.311 e. The fraction of sp³-hybridized carbons (Fsp3) is 0.480. The number of aldehydes is 1. The molecule has 0 radical (unpaired) electrons. The summed E-state index contributed by atoms with van der Waals surface area (Å²) < 4.78 is 12.7. The van der Waals surface area contributed by atoms with Gasteiger partial charge in [-0.3, -0.25) is 14.0 Å². The molecule has 0 fully saturated rings. The average molecular weight is 457 g/mol. The number of thiazole rings is 1. The predicted molar refractivity (Wildman–Crippen MR) is 128 cm³/mol. The number of rotatable bonds is 6. The zero-order chi connectivity index (χ0) is 23.8. The molecule has 0 N–H and O–H groups in total. The third kappa shape index (κ3) is 4.58. The highest BCUT2D eigenvalue weighted by atomic mass is 32.1. The van der Waals surface area contributed by atoms with Gasteiger partial charge in [0.25, 0.3) is 0 Å². The normalized spacial score (nSPS) is 12.2. The summed E-state index contributed by atoms with van der Waals surface area (Å²) in [5.41, 5.74) is 3.80. The van der Waals surface area contributed by atoms with E-state index in [2.05, 4.69) is 53.7 Å². The standard InChI is InChI=1S/C25H32N2O4S/c1-9-31-20(29)12-16-13-27-19(14-28)21(26-23(27)32-16)15-10-17(24(2,3)4)22(30-8)18(11-15)25(5,6)7/h10-11,13-14H,9,12H2,1-8H3. The quantitative estimate of drug-likeness (QED) is 0.357. The minimum atomic E-state index is -0.287. The zero-order valence-electron chi connectivity index (χ0n) is 20.2. The molecule has 1 aromatic carbocycles. The van der Waals surface area contributed by atoms with Crippen molar-refractivity contribution in [3.63, 3.8) is 0 Å².